The van der Waals surface area contributed by atoms with Crippen molar-refractivity contribution >= 4 is 0 Å². The summed E-state index contributed by atoms with van der Waals surface area (Å²) in [5, 5.41) is 0. The number of hydrogen-bond acceptors (Lipinski definition) is 0. The third-order valence-corrected chi connectivity index (χ3v) is 6.61. The van der Waals surface area contributed by atoms with E-state index in [1.54, 1.807) is 44.5 Å². The first-order chi connectivity index (χ1) is 11.9. The summed E-state index contributed by atoms with van der Waals surface area (Å²) >= 11 is 0. The van der Waals surface area contributed by atoms with Gasteiger partial charge in [0.15, 0.2) is 0 Å². The summed E-state index contributed by atoms with van der Waals surface area (Å²) in [4.78, 5) is 0. The van der Waals surface area contributed by atoms with E-state index in [0.717, 1.165) is 0 Å². The normalized spacial score (nSPS) is 19.3. The van der Waals surface area contributed by atoms with Crippen LogP contribution in [0.25, 0.3) is 0 Å². The lowest BCUT2D eigenvalue weighted by molar-refractivity contribution is 0.705. The lowest BCUT2D eigenvalue weighted by atomic mass is 9.81. The van der Waals surface area contributed by atoms with Gasteiger partial charge in [0, 0.05) is 0 Å². The Morgan fingerprint density at radius 3 is 0.625 bits per heavy atom. The van der Waals surface area contributed by atoms with Crippen LogP contribution in [0.5, 0.6) is 0 Å². The SMILES string of the molecule is c1c2c3cc4c1CCCc1cc(c(cc1CCC4)CCC3)CCC2. The molecule has 0 radical (unpaired) electrons. The van der Waals surface area contributed by atoms with Gasteiger partial charge >= 0.3 is 0 Å². The Kier molecular flexibility index (Phi) is 3.73. The van der Waals surface area contributed by atoms with Crippen LogP contribution in [0.4, 0.5) is 0 Å². The number of benzene rings is 2. The molecule has 0 heteroatoms. The topological polar surface area (TPSA) is 0 Å². The predicted molar refractivity (Wildman–Crippen MR) is 101 cm³/mol. The Bertz CT molecular complexity index is 593. The standard InChI is InChI=1S/C24H28/c1-5-17-13-21-9-3-10-22-14-18(6-1)20-8-2-7-19(17)15-23(21)11-4-12-24(22)16-20/h13-16H,1-12H2. The van der Waals surface area contributed by atoms with Crippen molar-refractivity contribution in [3.63, 3.8) is 0 Å². The monoisotopic (exact) mass is 316 g/mol. The fourth-order valence-corrected chi connectivity index (χ4v) is 5.32. The summed E-state index contributed by atoms with van der Waals surface area (Å²) in [6, 6.07) is 10.5. The fourth-order valence-electron chi connectivity index (χ4n) is 5.32. The predicted octanol–water partition coefficient (Wildman–Crippen LogP) is 5.33. The highest BCUT2D eigenvalue weighted by molar-refractivity contribution is 5.43. The van der Waals surface area contributed by atoms with Crippen LogP contribution < -0.4 is 0 Å². The molecular formula is C24H28. The maximum absolute atomic E-state index is 2.62. The summed E-state index contributed by atoms with van der Waals surface area (Å²) in [6.45, 7) is 0. The van der Waals surface area contributed by atoms with E-state index in [0.29, 0.717) is 0 Å². The molecule has 4 rings (SSSR count). The van der Waals surface area contributed by atoms with E-state index in [4.69, 9.17) is 0 Å². The van der Waals surface area contributed by atoms with Gasteiger partial charge in [-0.3, -0.25) is 0 Å². The Hall–Kier alpha value is -1.56. The van der Waals surface area contributed by atoms with Crippen molar-refractivity contribution in [1.82, 2.24) is 0 Å². The van der Waals surface area contributed by atoms with E-state index in [1.807, 2.05) is 0 Å². The molecule has 0 amide bonds. The number of hydrogen-bond donors (Lipinski definition) is 0. The van der Waals surface area contributed by atoms with Crippen LogP contribution >= 0.6 is 0 Å². The highest BCUT2D eigenvalue weighted by atomic mass is 14.2. The van der Waals surface area contributed by atoms with Gasteiger partial charge in [-0.2, -0.15) is 0 Å². The molecule has 0 nitrogen and oxygen atoms in total. The Labute approximate surface area is 146 Å². The van der Waals surface area contributed by atoms with Crippen molar-refractivity contribution in [2.24, 2.45) is 0 Å². The summed E-state index contributed by atoms with van der Waals surface area (Å²) < 4.78 is 0. The van der Waals surface area contributed by atoms with Crippen molar-refractivity contribution in [1.29, 1.82) is 0 Å². The van der Waals surface area contributed by atoms with Crippen molar-refractivity contribution in [3.05, 3.63) is 68.8 Å². The summed E-state index contributed by atoms with van der Waals surface area (Å²) in [5.74, 6) is 0. The van der Waals surface area contributed by atoms with Gasteiger partial charge in [0.1, 0.15) is 0 Å². The zero-order valence-corrected chi connectivity index (χ0v) is 14.8. The van der Waals surface area contributed by atoms with E-state index in [2.05, 4.69) is 24.3 Å². The van der Waals surface area contributed by atoms with Gasteiger partial charge in [-0.05, 0) is 122 Å². The molecule has 2 aliphatic rings. The van der Waals surface area contributed by atoms with Crippen LogP contribution in [-0.4, -0.2) is 0 Å². The van der Waals surface area contributed by atoms with Gasteiger partial charge in [0.05, 0.1) is 0 Å². The van der Waals surface area contributed by atoms with Gasteiger partial charge in [-0.25, -0.2) is 0 Å². The number of fused-ring (bicyclic) bond motifs is 4. The molecule has 0 fully saturated rings. The second kappa shape index (κ2) is 6.06. The van der Waals surface area contributed by atoms with Crippen molar-refractivity contribution < 1.29 is 0 Å². The second-order valence-electron chi connectivity index (χ2n) is 8.19. The molecule has 0 N–H and O–H groups in total. The van der Waals surface area contributed by atoms with Gasteiger partial charge in [0.2, 0.25) is 0 Å². The smallest absolute Gasteiger partial charge is 0.0273 e. The summed E-state index contributed by atoms with van der Waals surface area (Å²) in [5.41, 5.74) is 13.4. The molecular weight excluding hydrogens is 288 g/mol. The van der Waals surface area contributed by atoms with E-state index >= 15 is 0 Å². The van der Waals surface area contributed by atoms with Crippen molar-refractivity contribution in [2.45, 2.75) is 77.0 Å². The Morgan fingerprint density at radius 1 is 0.292 bits per heavy atom. The Balaban J connectivity index is 1.74. The molecule has 124 valence electrons. The van der Waals surface area contributed by atoms with Crippen LogP contribution in [-0.2, 0) is 51.4 Å². The van der Waals surface area contributed by atoms with Gasteiger partial charge in [0.25, 0.3) is 0 Å². The van der Waals surface area contributed by atoms with E-state index < -0.39 is 0 Å². The molecule has 0 saturated heterocycles. The van der Waals surface area contributed by atoms with Crippen LogP contribution in [0.2, 0.25) is 0 Å². The molecule has 2 aromatic carbocycles. The van der Waals surface area contributed by atoms with E-state index in [-0.39, 0.29) is 0 Å². The molecule has 0 bridgehead atoms. The lowest BCUT2D eigenvalue weighted by Crippen LogP contribution is -2.11. The average molecular weight is 316 g/mol. The summed E-state index contributed by atoms with van der Waals surface area (Å²) in [7, 11) is 0. The first kappa shape index (κ1) is 14.8. The molecule has 2 aromatic rings. The van der Waals surface area contributed by atoms with Crippen LogP contribution in [0, 0.1) is 0 Å². The van der Waals surface area contributed by atoms with Crippen LogP contribution in [0.3, 0.4) is 0 Å². The maximum Gasteiger partial charge on any atom is -0.0273 e. The second-order valence-corrected chi connectivity index (χ2v) is 8.19. The van der Waals surface area contributed by atoms with Crippen molar-refractivity contribution in [2.75, 3.05) is 0 Å². The van der Waals surface area contributed by atoms with Gasteiger partial charge in [-0.15, -0.1) is 0 Å². The first-order valence-corrected chi connectivity index (χ1v) is 10.1. The Morgan fingerprint density at radius 2 is 0.458 bits per heavy atom. The highest BCUT2D eigenvalue weighted by Gasteiger charge is 2.18. The summed E-state index contributed by atoms with van der Waals surface area (Å²) in [6.07, 6.45) is 15.5. The molecule has 24 heavy (non-hydrogen) atoms. The molecule has 0 heterocycles. The number of aryl methyl sites for hydroxylation is 8. The molecule has 0 unspecified atom stereocenters. The number of rotatable bonds is 0. The van der Waals surface area contributed by atoms with Crippen LogP contribution in [0.1, 0.15) is 70.2 Å². The molecule has 0 atom stereocenters. The van der Waals surface area contributed by atoms with Gasteiger partial charge in [-0.1, -0.05) is 24.3 Å². The molecule has 0 saturated carbocycles. The van der Waals surface area contributed by atoms with Crippen molar-refractivity contribution in [3.8, 4) is 0 Å². The third-order valence-electron chi connectivity index (χ3n) is 6.61. The van der Waals surface area contributed by atoms with Crippen LogP contribution in [0.15, 0.2) is 24.3 Å². The lowest BCUT2D eigenvalue weighted by Gasteiger charge is -2.24. The van der Waals surface area contributed by atoms with Gasteiger partial charge < -0.3 is 0 Å². The minimum Gasteiger partial charge on any atom is -0.0553 e. The fraction of sp³-hybridized carbons (Fsp3) is 0.500. The average Bonchev–Trinajstić information content (AvgIpc) is 2.59. The van der Waals surface area contributed by atoms with E-state index in [1.165, 1.54) is 77.0 Å². The zero-order chi connectivity index (χ0) is 15.9. The maximum atomic E-state index is 2.62. The molecule has 0 aromatic heterocycles. The zero-order valence-electron chi connectivity index (χ0n) is 14.8. The van der Waals surface area contributed by atoms with E-state index in [9.17, 15) is 0 Å². The molecule has 0 spiro atoms. The largest absolute Gasteiger partial charge is 0.0553 e. The highest BCUT2D eigenvalue weighted by Crippen LogP contribution is 2.31. The first-order valence-electron chi connectivity index (χ1n) is 10.1. The molecule has 2 aliphatic carbocycles. The molecule has 0 aliphatic heterocycles. The quantitative estimate of drug-likeness (QED) is 0.616. The third kappa shape index (κ3) is 2.61. The minimum absolute atomic E-state index is 1.28. The minimum atomic E-state index is 1.28.